The van der Waals surface area contributed by atoms with Gasteiger partial charge in [-0.2, -0.15) is 0 Å². The Hall–Kier alpha value is -1.02. The number of nitrogens with one attached hydrogen (secondary N) is 1. The monoisotopic (exact) mass is 277 g/mol. The average molecular weight is 278 g/mol. The molecule has 3 unspecified atom stereocenters. The first-order chi connectivity index (χ1) is 9.11. The summed E-state index contributed by atoms with van der Waals surface area (Å²) < 4.78 is 0. The number of rotatable bonds is 4. The number of amides is 1. The average Bonchev–Trinajstić information content (AvgIpc) is 2.99. The molecule has 0 spiro atoms. The number of carbonyl (C=O) groups excluding carboxylic acids is 1. The molecule has 1 N–H and O–H groups in total. The summed E-state index contributed by atoms with van der Waals surface area (Å²) in [5, 5.41) is 3.91. The van der Waals surface area contributed by atoms with E-state index in [-0.39, 0.29) is 17.9 Å². The summed E-state index contributed by atoms with van der Waals surface area (Å²) in [5.41, 5.74) is 1.21. The number of hydrogen-bond acceptors (Lipinski definition) is 1. The number of fused-ring (bicyclic) bond motifs is 1. The molecule has 102 valence electrons. The second-order valence-corrected chi connectivity index (χ2v) is 6.60. The molecule has 0 heterocycles. The van der Waals surface area contributed by atoms with Crippen LogP contribution in [0.2, 0.25) is 5.02 Å². The third kappa shape index (κ3) is 3.11. The fourth-order valence-corrected chi connectivity index (χ4v) is 3.44. The van der Waals surface area contributed by atoms with Crippen LogP contribution in [-0.2, 0) is 11.2 Å². The molecule has 3 atom stereocenters. The van der Waals surface area contributed by atoms with Crippen molar-refractivity contribution >= 4 is 17.5 Å². The highest BCUT2D eigenvalue weighted by atomic mass is 35.5. The molecule has 2 aliphatic carbocycles. The van der Waals surface area contributed by atoms with Crippen LogP contribution in [0.15, 0.2) is 24.3 Å². The molecule has 2 aliphatic rings. The van der Waals surface area contributed by atoms with Crippen LogP contribution in [0.3, 0.4) is 0 Å². The highest BCUT2D eigenvalue weighted by Gasteiger charge is 2.48. The quantitative estimate of drug-likeness (QED) is 0.898. The van der Waals surface area contributed by atoms with Crippen LogP contribution in [0.5, 0.6) is 0 Å². The molecule has 1 aromatic rings. The van der Waals surface area contributed by atoms with E-state index in [4.69, 9.17) is 11.6 Å². The topological polar surface area (TPSA) is 29.1 Å². The largest absolute Gasteiger partial charge is 0.353 e. The summed E-state index contributed by atoms with van der Waals surface area (Å²) in [6.07, 6.45) is 4.46. The van der Waals surface area contributed by atoms with Gasteiger partial charge in [0.2, 0.25) is 5.91 Å². The van der Waals surface area contributed by atoms with Crippen LogP contribution in [0.1, 0.15) is 31.7 Å². The molecule has 0 saturated heterocycles. The SMILES string of the molecule is CC(Cc1ccc(Cl)cc1)NC(=O)C1CC2CC2C1. The van der Waals surface area contributed by atoms with Gasteiger partial charge in [0, 0.05) is 17.0 Å². The van der Waals surface area contributed by atoms with Crippen molar-refractivity contribution in [1.82, 2.24) is 5.32 Å². The van der Waals surface area contributed by atoms with Crippen molar-refractivity contribution in [2.24, 2.45) is 17.8 Å². The van der Waals surface area contributed by atoms with E-state index in [9.17, 15) is 4.79 Å². The molecule has 19 heavy (non-hydrogen) atoms. The van der Waals surface area contributed by atoms with E-state index in [1.54, 1.807) is 0 Å². The van der Waals surface area contributed by atoms with Gasteiger partial charge in [0.1, 0.15) is 0 Å². The van der Waals surface area contributed by atoms with Crippen molar-refractivity contribution in [2.75, 3.05) is 0 Å². The molecule has 1 amide bonds. The third-order valence-corrected chi connectivity index (χ3v) is 4.71. The van der Waals surface area contributed by atoms with Gasteiger partial charge in [0.15, 0.2) is 0 Å². The molecular weight excluding hydrogens is 258 g/mol. The second kappa shape index (κ2) is 5.16. The van der Waals surface area contributed by atoms with E-state index in [1.807, 2.05) is 24.3 Å². The first-order valence-corrected chi connectivity index (χ1v) is 7.54. The zero-order chi connectivity index (χ0) is 13.4. The zero-order valence-corrected chi connectivity index (χ0v) is 12.0. The van der Waals surface area contributed by atoms with Crippen LogP contribution >= 0.6 is 11.6 Å². The van der Waals surface area contributed by atoms with Gasteiger partial charge in [-0.25, -0.2) is 0 Å². The van der Waals surface area contributed by atoms with Gasteiger partial charge in [0.25, 0.3) is 0 Å². The summed E-state index contributed by atoms with van der Waals surface area (Å²) in [4.78, 5) is 12.1. The number of benzene rings is 1. The fourth-order valence-electron chi connectivity index (χ4n) is 3.31. The Kier molecular flexibility index (Phi) is 3.53. The summed E-state index contributed by atoms with van der Waals surface area (Å²) in [6, 6.07) is 8.03. The van der Waals surface area contributed by atoms with Crippen molar-refractivity contribution in [3.63, 3.8) is 0 Å². The van der Waals surface area contributed by atoms with Gasteiger partial charge in [0.05, 0.1) is 0 Å². The normalized spacial score (nSPS) is 29.7. The summed E-state index contributed by atoms with van der Waals surface area (Å²) in [7, 11) is 0. The first kappa shape index (κ1) is 13.0. The second-order valence-electron chi connectivity index (χ2n) is 6.16. The minimum atomic E-state index is 0.186. The third-order valence-electron chi connectivity index (χ3n) is 4.46. The minimum Gasteiger partial charge on any atom is -0.353 e. The Morgan fingerprint density at radius 3 is 2.53 bits per heavy atom. The maximum Gasteiger partial charge on any atom is 0.223 e. The molecule has 0 radical (unpaired) electrons. The van der Waals surface area contributed by atoms with Crippen molar-refractivity contribution in [1.29, 1.82) is 0 Å². The van der Waals surface area contributed by atoms with E-state index in [0.29, 0.717) is 0 Å². The molecule has 0 aliphatic heterocycles. The highest BCUT2D eigenvalue weighted by Crippen LogP contribution is 2.54. The van der Waals surface area contributed by atoms with E-state index in [2.05, 4.69) is 12.2 Å². The summed E-state index contributed by atoms with van der Waals surface area (Å²) in [6.45, 7) is 2.07. The van der Waals surface area contributed by atoms with Gasteiger partial charge in [-0.15, -0.1) is 0 Å². The van der Waals surface area contributed by atoms with Crippen LogP contribution in [0.4, 0.5) is 0 Å². The molecular formula is C16H20ClNO. The Balaban J connectivity index is 1.49. The maximum absolute atomic E-state index is 12.1. The van der Waals surface area contributed by atoms with Crippen LogP contribution in [-0.4, -0.2) is 11.9 Å². The van der Waals surface area contributed by atoms with Crippen molar-refractivity contribution in [3.05, 3.63) is 34.9 Å². The number of carbonyl (C=O) groups is 1. The van der Waals surface area contributed by atoms with Crippen molar-refractivity contribution in [2.45, 2.75) is 38.6 Å². The van der Waals surface area contributed by atoms with Crippen LogP contribution < -0.4 is 5.32 Å². The van der Waals surface area contributed by atoms with Crippen molar-refractivity contribution in [3.8, 4) is 0 Å². The summed E-state index contributed by atoms with van der Waals surface area (Å²) in [5.74, 6) is 2.26. The fraction of sp³-hybridized carbons (Fsp3) is 0.562. The summed E-state index contributed by atoms with van der Waals surface area (Å²) >= 11 is 5.87. The highest BCUT2D eigenvalue weighted by molar-refractivity contribution is 6.30. The number of halogens is 1. The smallest absolute Gasteiger partial charge is 0.223 e. The molecule has 0 bridgehead atoms. The standard InChI is InChI=1S/C16H20ClNO/c1-10(6-11-2-4-15(17)5-3-11)18-16(19)14-8-12-7-13(12)9-14/h2-5,10,12-14H,6-9H2,1H3,(H,18,19). The Morgan fingerprint density at radius 2 is 1.89 bits per heavy atom. The van der Waals surface area contributed by atoms with Crippen LogP contribution in [0.25, 0.3) is 0 Å². The molecule has 1 aromatic carbocycles. The van der Waals surface area contributed by atoms with E-state index >= 15 is 0 Å². The molecule has 2 nitrogen and oxygen atoms in total. The Labute approximate surface area is 119 Å². The lowest BCUT2D eigenvalue weighted by molar-refractivity contribution is -0.125. The van der Waals surface area contributed by atoms with E-state index in [1.165, 1.54) is 12.0 Å². The lowest BCUT2D eigenvalue weighted by Crippen LogP contribution is -2.38. The molecule has 2 saturated carbocycles. The Bertz CT molecular complexity index is 460. The maximum atomic E-state index is 12.1. The van der Waals surface area contributed by atoms with Crippen molar-refractivity contribution < 1.29 is 4.79 Å². The van der Waals surface area contributed by atoms with Crippen LogP contribution in [0, 0.1) is 17.8 Å². The van der Waals surface area contributed by atoms with E-state index in [0.717, 1.165) is 36.1 Å². The zero-order valence-electron chi connectivity index (χ0n) is 11.2. The van der Waals surface area contributed by atoms with Gasteiger partial charge in [-0.1, -0.05) is 23.7 Å². The van der Waals surface area contributed by atoms with E-state index < -0.39 is 0 Å². The lowest BCUT2D eigenvalue weighted by Gasteiger charge is -2.18. The van der Waals surface area contributed by atoms with Gasteiger partial charge < -0.3 is 5.32 Å². The van der Waals surface area contributed by atoms with Gasteiger partial charge >= 0.3 is 0 Å². The van der Waals surface area contributed by atoms with Gasteiger partial charge in [-0.05, 0) is 62.1 Å². The minimum absolute atomic E-state index is 0.186. The predicted molar refractivity (Wildman–Crippen MR) is 77.1 cm³/mol. The molecule has 2 fully saturated rings. The predicted octanol–water partition coefficient (Wildman–Crippen LogP) is 3.43. The molecule has 3 heteroatoms. The first-order valence-electron chi connectivity index (χ1n) is 7.16. The number of hydrogen-bond donors (Lipinski definition) is 1. The van der Waals surface area contributed by atoms with Gasteiger partial charge in [-0.3, -0.25) is 4.79 Å². The molecule has 3 rings (SSSR count). The lowest BCUT2D eigenvalue weighted by atomic mass is 10.0. The molecule has 0 aromatic heterocycles. The Morgan fingerprint density at radius 1 is 1.26 bits per heavy atom.